The van der Waals surface area contributed by atoms with Crippen molar-refractivity contribution in [2.45, 2.75) is 19.3 Å². The van der Waals surface area contributed by atoms with Crippen molar-refractivity contribution in [2.75, 3.05) is 18.6 Å². The van der Waals surface area contributed by atoms with Gasteiger partial charge in [-0.05, 0) is 23.8 Å². The highest BCUT2D eigenvalue weighted by atomic mass is 35.5. The molecular weight excluding hydrogens is 324 g/mol. The van der Waals surface area contributed by atoms with E-state index in [1.165, 1.54) is 5.56 Å². The van der Waals surface area contributed by atoms with E-state index in [1.54, 1.807) is 24.4 Å². The normalized spacial score (nSPS) is 17.0. The minimum atomic E-state index is -0.229. The largest absolute Gasteiger partial charge is 0.482 e. The molecule has 0 saturated carbocycles. The van der Waals surface area contributed by atoms with Crippen LogP contribution in [0.3, 0.4) is 0 Å². The monoisotopic (exact) mass is 342 g/mol. The number of carbonyl (C=O) groups is 1. The van der Waals surface area contributed by atoms with Crippen molar-refractivity contribution in [3.63, 3.8) is 0 Å². The molecule has 0 bridgehead atoms. The van der Waals surface area contributed by atoms with Gasteiger partial charge < -0.3 is 9.64 Å². The van der Waals surface area contributed by atoms with Gasteiger partial charge in [0.1, 0.15) is 0 Å². The van der Waals surface area contributed by atoms with Crippen LogP contribution in [-0.2, 0) is 10.2 Å². The highest BCUT2D eigenvalue weighted by Crippen LogP contribution is 2.46. The minimum Gasteiger partial charge on any atom is -0.482 e. The molecule has 0 radical (unpaired) electrons. The summed E-state index contributed by atoms with van der Waals surface area (Å²) < 4.78 is 5.48. The van der Waals surface area contributed by atoms with E-state index in [1.807, 2.05) is 19.2 Å². The number of likely N-dealkylation sites (N-methyl/N-ethyl adjacent to an activating group) is 1. The van der Waals surface area contributed by atoms with Gasteiger partial charge in [-0.15, -0.1) is 0 Å². The summed E-state index contributed by atoms with van der Waals surface area (Å²) in [6, 6.07) is 11.6. The van der Waals surface area contributed by atoms with Crippen molar-refractivity contribution in [2.24, 2.45) is 0 Å². The van der Waals surface area contributed by atoms with Crippen molar-refractivity contribution in [3.8, 4) is 5.75 Å². The van der Waals surface area contributed by atoms with Gasteiger partial charge in [0, 0.05) is 36.1 Å². The standard InChI is InChI=1S/C19H19ClN2O2/c1-19(2)14-7-4-5-8-15(14)22(3)17(19)11-13(23)12-24-16-9-6-10-21-18(16)20/h4-11H,12H2,1-3H3. The Balaban J connectivity index is 1.79. The molecule has 0 saturated heterocycles. The van der Waals surface area contributed by atoms with E-state index in [4.69, 9.17) is 16.3 Å². The highest BCUT2D eigenvalue weighted by molar-refractivity contribution is 6.30. The molecule has 1 aliphatic rings. The first-order valence-corrected chi connectivity index (χ1v) is 8.10. The Labute approximate surface area is 146 Å². The van der Waals surface area contributed by atoms with Gasteiger partial charge in [-0.1, -0.05) is 43.6 Å². The van der Waals surface area contributed by atoms with E-state index in [2.05, 4.69) is 35.9 Å². The molecular formula is C19H19ClN2O2. The summed E-state index contributed by atoms with van der Waals surface area (Å²) in [5, 5.41) is 0.253. The molecule has 4 nitrogen and oxygen atoms in total. The first-order chi connectivity index (χ1) is 11.4. The lowest BCUT2D eigenvalue weighted by Crippen LogP contribution is -2.25. The van der Waals surface area contributed by atoms with Crippen LogP contribution in [-0.4, -0.2) is 24.4 Å². The van der Waals surface area contributed by atoms with E-state index < -0.39 is 0 Å². The maximum absolute atomic E-state index is 12.4. The van der Waals surface area contributed by atoms with Crippen LogP contribution >= 0.6 is 11.6 Å². The third-order valence-electron chi connectivity index (χ3n) is 4.33. The number of benzene rings is 1. The lowest BCUT2D eigenvalue weighted by molar-refractivity contribution is -0.116. The fourth-order valence-corrected chi connectivity index (χ4v) is 3.25. The molecule has 0 amide bonds. The molecule has 2 aromatic rings. The van der Waals surface area contributed by atoms with Gasteiger partial charge in [-0.2, -0.15) is 0 Å². The van der Waals surface area contributed by atoms with E-state index in [9.17, 15) is 4.79 Å². The van der Waals surface area contributed by atoms with Gasteiger partial charge in [-0.3, -0.25) is 4.79 Å². The second-order valence-electron chi connectivity index (χ2n) is 6.28. The van der Waals surface area contributed by atoms with Crippen LogP contribution in [0.1, 0.15) is 19.4 Å². The van der Waals surface area contributed by atoms with E-state index >= 15 is 0 Å². The molecule has 0 aliphatic carbocycles. The zero-order chi connectivity index (χ0) is 17.3. The number of carbonyl (C=O) groups excluding carboxylic acids is 1. The van der Waals surface area contributed by atoms with Crippen LogP contribution in [0.15, 0.2) is 54.4 Å². The first kappa shape index (κ1) is 16.5. The number of fused-ring (bicyclic) bond motifs is 1. The quantitative estimate of drug-likeness (QED) is 0.622. The third-order valence-corrected chi connectivity index (χ3v) is 4.62. The molecule has 1 aliphatic heterocycles. The molecule has 3 rings (SSSR count). The minimum absolute atomic E-state index is 0.0742. The van der Waals surface area contributed by atoms with Gasteiger partial charge in [-0.25, -0.2) is 4.98 Å². The second kappa shape index (κ2) is 6.29. The average Bonchev–Trinajstić information content (AvgIpc) is 2.76. The highest BCUT2D eigenvalue weighted by Gasteiger charge is 2.38. The smallest absolute Gasteiger partial charge is 0.194 e. The van der Waals surface area contributed by atoms with Crippen LogP contribution in [0.2, 0.25) is 5.15 Å². The Morgan fingerprint density at radius 2 is 2.04 bits per heavy atom. The number of ketones is 1. The van der Waals surface area contributed by atoms with Crippen LogP contribution < -0.4 is 9.64 Å². The number of anilines is 1. The summed E-state index contributed by atoms with van der Waals surface area (Å²) in [5.74, 6) is 0.297. The fraction of sp³-hybridized carbons (Fsp3) is 0.263. The summed E-state index contributed by atoms with van der Waals surface area (Å²) >= 11 is 5.94. The van der Waals surface area contributed by atoms with Gasteiger partial charge in [0.15, 0.2) is 23.3 Å². The summed E-state index contributed by atoms with van der Waals surface area (Å²) in [5.41, 5.74) is 3.06. The number of halogens is 1. The number of pyridine rings is 1. The van der Waals surface area contributed by atoms with Crippen molar-refractivity contribution < 1.29 is 9.53 Å². The molecule has 5 heteroatoms. The SMILES string of the molecule is CN1C(=CC(=O)COc2cccnc2Cl)C(C)(C)c2ccccc21. The number of aromatic nitrogens is 1. The first-order valence-electron chi connectivity index (χ1n) is 7.73. The van der Waals surface area contributed by atoms with Crippen molar-refractivity contribution in [1.29, 1.82) is 0 Å². The van der Waals surface area contributed by atoms with Crippen molar-refractivity contribution in [1.82, 2.24) is 4.98 Å². The van der Waals surface area contributed by atoms with Gasteiger partial charge >= 0.3 is 0 Å². The van der Waals surface area contributed by atoms with Gasteiger partial charge in [0.2, 0.25) is 0 Å². The summed E-state index contributed by atoms with van der Waals surface area (Å²) in [6.07, 6.45) is 3.23. The molecule has 0 fully saturated rings. The molecule has 2 heterocycles. The van der Waals surface area contributed by atoms with Crippen LogP contribution in [0.4, 0.5) is 5.69 Å². The number of nitrogens with zero attached hydrogens (tertiary/aromatic N) is 2. The number of allylic oxidation sites excluding steroid dienone is 1. The van der Waals surface area contributed by atoms with Crippen LogP contribution in [0.25, 0.3) is 0 Å². The molecule has 124 valence electrons. The third kappa shape index (κ3) is 2.89. The zero-order valence-electron chi connectivity index (χ0n) is 13.9. The molecule has 0 unspecified atom stereocenters. The summed E-state index contributed by atoms with van der Waals surface area (Å²) in [6.45, 7) is 4.16. The van der Waals surface area contributed by atoms with E-state index in [0.717, 1.165) is 11.4 Å². The van der Waals surface area contributed by atoms with E-state index in [0.29, 0.717) is 5.75 Å². The Morgan fingerprint density at radius 1 is 1.29 bits per heavy atom. The van der Waals surface area contributed by atoms with Crippen LogP contribution in [0, 0.1) is 0 Å². The number of para-hydroxylation sites is 1. The molecule has 1 aromatic carbocycles. The summed E-state index contributed by atoms with van der Waals surface area (Å²) in [7, 11) is 1.98. The predicted octanol–water partition coefficient (Wildman–Crippen LogP) is 3.99. The average molecular weight is 343 g/mol. The van der Waals surface area contributed by atoms with Crippen molar-refractivity contribution in [3.05, 3.63) is 65.1 Å². The number of ether oxygens (including phenoxy) is 1. The number of rotatable bonds is 4. The predicted molar refractivity (Wildman–Crippen MR) is 95.7 cm³/mol. The number of hydrogen-bond acceptors (Lipinski definition) is 4. The maximum atomic E-state index is 12.4. The molecule has 1 aromatic heterocycles. The Hall–Kier alpha value is -2.33. The van der Waals surface area contributed by atoms with E-state index in [-0.39, 0.29) is 23.0 Å². The van der Waals surface area contributed by atoms with Crippen LogP contribution in [0.5, 0.6) is 5.75 Å². The zero-order valence-corrected chi connectivity index (χ0v) is 14.7. The van der Waals surface area contributed by atoms with Gasteiger partial charge in [0.25, 0.3) is 0 Å². The molecule has 0 atom stereocenters. The lowest BCUT2D eigenvalue weighted by atomic mass is 9.83. The topological polar surface area (TPSA) is 42.4 Å². The molecule has 0 spiro atoms. The Morgan fingerprint density at radius 3 is 2.75 bits per heavy atom. The Bertz CT molecular complexity index is 815. The lowest BCUT2D eigenvalue weighted by Gasteiger charge is -2.23. The van der Waals surface area contributed by atoms with Gasteiger partial charge in [0.05, 0.1) is 0 Å². The maximum Gasteiger partial charge on any atom is 0.194 e. The van der Waals surface area contributed by atoms with Crippen molar-refractivity contribution >= 4 is 23.1 Å². The summed E-state index contributed by atoms with van der Waals surface area (Å²) in [4.78, 5) is 18.4. The molecule has 0 N–H and O–H groups in total. The molecule has 24 heavy (non-hydrogen) atoms. The fourth-order valence-electron chi connectivity index (χ4n) is 3.08. The second-order valence-corrected chi connectivity index (χ2v) is 6.64. The Kier molecular flexibility index (Phi) is 4.33. The number of hydrogen-bond donors (Lipinski definition) is 0.